The van der Waals surface area contributed by atoms with Crippen molar-refractivity contribution in [2.75, 3.05) is 13.2 Å². The Bertz CT molecular complexity index is 1130. The van der Waals surface area contributed by atoms with Gasteiger partial charge in [-0.25, -0.2) is 4.68 Å². The fourth-order valence-corrected chi connectivity index (χ4v) is 3.48. The minimum Gasteiger partial charge on any atom is -0.394 e. The molecule has 3 aromatic rings. The molecular weight excluding hydrogens is 416 g/mol. The largest absolute Gasteiger partial charge is 0.394 e. The number of aliphatic hydroxyl groups is 2. The van der Waals surface area contributed by atoms with Gasteiger partial charge in [-0.15, -0.1) is 0 Å². The van der Waals surface area contributed by atoms with Crippen LogP contribution in [0.25, 0.3) is 5.69 Å². The predicted molar refractivity (Wildman–Crippen MR) is 117 cm³/mol. The van der Waals surface area contributed by atoms with Crippen LogP contribution < -0.4 is 5.32 Å². The monoisotopic (exact) mass is 438 g/mol. The standard InChI is InChI=1S/C23H23ClN4O3/c1-14-21(15(2)28(27-14)19-8-7-18(11-25)22(24)10-19)9-16-3-5-17(6-4-16)23(31)26-12-20(30)13-29/h3-8,10,20,29-30H,9,12-13H2,1-2H3,(H,26,31). The van der Waals surface area contributed by atoms with E-state index in [1.165, 1.54) is 0 Å². The van der Waals surface area contributed by atoms with Gasteiger partial charge in [0, 0.05) is 29.8 Å². The molecule has 0 radical (unpaired) electrons. The van der Waals surface area contributed by atoms with Crippen LogP contribution >= 0.6 is 11.6 Å². The van der Waals surface area contributed by atoms with Crippen molar-refractivity contribution in [2.45, 2.75) is 26.4 Å². The van der Waals surface area contributed by atoms with Crippen LogP contribution in [0, 0.1) is 25.2 Å². The second-order valence-electron chi connectivity index (χ2n) is 7.26. The third-order valence-corrected chi connectivity index (χ3v) is 5.38. The Hall–Kier alpha value is -3.18. The summed E-state index contributed by atoms with van der Waals surface area (Å²) in [7, 11) is 0. The third-order valence-electron chi connectivity index (χ3n) is 5.06. The lowest BCUT2D eigenvalue weighted by molar-refractivity contribution is 0.0802. The highest BCUT2D eigenvalue weighted by molar-refractivity contribution is 6.31. The summed E-state index contributed by atoms with van der Waals surface area (Å²) in [6.45, 7) is 3.52. The highest BCUT2D eigenvalue weighted by Gasteiger charge is 2.15. The summed E-state index contributed by atoms with van der Waals surface area (Å²) in [5.41, 5.74) is 5.63. The zero-order valence-corrected chi connectivity index (χ0v) is 18.0. The Kier molecular flexibility index (Phi) is 7.08. The van der Waals surface area contributed by atoms with E-state index in [1.807, 2.05) is 36.7 Å². The number of nitrogens with zero attached hydrogens (tertiary/aromatic N) is 3. The first-order valence-corrected chi connectivity index (χ1v) is 10.1. The molecule has 0 fully saturated rings. The highest BCUT2D eigenvalue weighted by Crippen LogP contribution is 2.24. The van der Waals surface area contributed by atoms with Gasteiger partial charge in [0.2, 0.25) is 0 Å². The second kappa shape index (κ2) is 9.75. The number of halogens is 1. The van der Waals surface area contributed by atoms with Crippen molar-refractivity contribution in [3.05, 3.63) is 81.1 Å². The maximum atomic E-state index is 12.1. The van der Waals surface area contributed by atoms with Gasteiger partial charge in [0.25, 0.3) is 5.91 Å². The van der Waals surface area contributed by atoms with E-state index in [0.717, 1.165) is 28.2 Å². The number of hydrogen-bond donors (Lipinski definition) is 3. The highest BCUT2D eigenvalue weighted by atomic mass is 35.5. The number of hydrogen-bond acceptors (Lipinski definition) is 5. The molecule has 0 saturated heterocycles. The van der Waals surface area contributed by atoms with E-state index in [2.05, 4.69) is 16.5 Å². The number of carbonyl (C=O) groups excluding carboxylic acids is 1. The molecule has 3 N–H and O–H groups in total. The zero-order chi connectivity index (χ0) is 22.5. The molecule has 1 heterocycles. The number of rotatable bonds is 7. The lowest BCUT2D eigenvalue weighted by Crippen LogP contribution is -2.33. The number of carbonyl (C=O) groups is 1. The van der Waals surface area contributed by atoms with E-state index < -0.39 is 12.7 Å². The van der Waals surface area contributed by atoms with Gasteiger partial charge in [-0.05, 0) is 49.7 Å². The summed E-state index contributed by atoms with van der Waals surface area (Å²) < 4.78 is 1.81. The molecule has 0 saturated carbocycles. The van der Waals surface area contributed by atoms with E-state index in [0.29, 0.717) is 22.6 Å². The van der Waals surface area contributed by atoms with Gasteiger partial charge in [0.15, 0.2) is 0 Å². The van der Waals surface area contributed by atoms with Crippen LogP contribution in [0.15, 0.2) is 42.5 Å². The van der Waals surface area contributed by atoms with Crippen LogP contribution in [0.2, 0.25) is 5.02 Å². The van der Waals surface area contributed by atoms with E-state index in [9.17, 15) is 9.90 Å². The Morgan fingerprint density at radius 1 is 1.26 bits per heavy atom. The fourth-order valence-electron chi connectivity index (χ4n) is 3.26. The van der Waals surface area contributed by atoms with Crippen molar-refractivity contribution in [1.29, 1.82) is 5.26 Å². The van der Waals surface area contributed by atoms with Crippen LogP contribution in [-0.2, 0) is 6.42 Å². The van der Waals surface area contributed by atoms with Gasteiger partial charge in [0.1, 0.15) is 6.07 Å². The fraction of sp³-hybridized carbons (Fsp3) is 0.261. The molecule has 0 aliphatic carbocycles. The van der Waals surface area contributed by atoms with E-state index in [1.54, 1.807) is 24.3 Å². The SMILES string of the molecule is Cc1nn(-c2ccc(C#N)c(Cl)c2)c(C)c1Cc1ccc(C(=O)NCC(O)CO)cc1. The van der Waals surface area contributed by atoms with E-state index in [-0.39, 0.29) is 12.5 Å². The quantitative estimate of drug-likeness (QED) is 0.525. The lowest BCUT2D eigenvalue weighted by Gasteiger charge is -2.10. The van der Waals surface area contributed by atoms with Crippen molar-refractivity contribution in [3.8, 4) is 11.8 Å². The maximum absolute atomic E-state index is 12.1. The number of aliphatic hydroxyl groups excluding tert-OH is 2. The van der Waals surface area contributed by atoms with Crippen molar-refractivity contribution in [2.24, 2.45) is 0 Å². The Morgan fingerprint density at radius 3 is 2.58 bits per heavy atom. The minimum absolute atomic E-state index is 0.00593. The normalized spacial score (nSPS) is 11.7. The molecule has 2 aromatic carbocycles. The van der Waals surface area contributed by atoms with Gasteiger partial charge in [-0.2, -0.15) is 10.4 Å². The smallest absolute Gasteiger partial charge is 0.251 e. The molecule has 0 aliphatic rings. The number of benzene rings is 2. The number of nitrogens with one attached hydrogen (secondary N) is 1. The van der Waals surface area contributed by atoms with E-state index >= 15 is 0 Å². The first-order chi connectivity index (χ1) is 14.8. The van der Waals surface area contributed by atoms with Gasteiger partial charge in [-0.1, -0.05) is 23.7 Å². The van der Waals surface area contributed by atoms with Crippen LogP contribution in [-0.4, -0.2) is 45.2 Å². The molecule has 31 heavy (non-hydrogen) atoms. The zero-order valence-electron chi connectivity index (χ0n) is 17.3. The summed E-state index contributed by atoms with van der Waals surface area (Å²) in [6.07, 6.45) is -0.330. The molecule has 1 amide bonds. The molecule has 8 heteroatoms. The molecule has 0 spiro atoms. The summed E-state index contributed by atoms with van der Waals surface area (Å²) in [5, 5.41) is 34.8. The Labute approximate surface area is 185 Å². The molecule has 160 valence electrons. The second-order valence-corrected chi connectivity index (χ2v) is 7.66. The summed E-state index contributed by atoms with van der Waals surface area (Å²) >= 11 is 6.17. The summed E-state index contributed by atoms with van der Waals surface area (Å²) in [5.74, 6) is -0.308. The number of amides is 1. The van der Waals surface area contributed by atoms with Crippen molar-refractivity contribution < 1.29 is 15.0 Å². The van der Waals surface area contributed by atoms with Gasteiger partial charge in [-0.3, -0.25) is 4.79 Å². The number of aromatic nitrogens is 2. The molecule has 7 nitrogen and oxygen atoms in total. The van der Waals surface area contributed by atoms with Crippen LogP contribution in [0.1, 0.15) is 38.4 Å². The number of nitriles is 1. The predicted octanol–water partition coefficient (Wildman–Crippen LogP) is 2.69. The summed E-state index contributed by atoms with van der Waals surface area (Å²) in [4.78, 5) is 12.1. The molecule has 1 atom stereocenters. The third kappa shape index (κ3) is 5.12. The first kappa shape index (κ1) is 22.5. The molecule has 0 bridgehead atoms. The van der Waals surface area contributed by atoms with Gasteiger partial charge >= 0.3 is 0 Å². The molecule has 0 aliphatic heterocycles. The average Bonchev–Trinajstić information content (AvgIpc) is 3.05. The Balaban J connectivity index is 1.77. The van der Waals surface area contributed by atoms with Crippen LogP contribution in [0.4, 0.5) is 0 Å². The first-order valence-electron chi connectivity index (χ1n) is 9.75. The Morgan fingerprint density at radius 2 is 1.97 bits per heavy atom. The summed E-state index contributed by atoms with van der Waals surface area (Å²) in [6, 6.07) is 14.5. The van der Waals surface area contributed by atoms with E-state index in [4.69, 9.17) is 22.0 Å². The van der Waals surface area contributed by atoms with Crippen molar-refractivity contribution in [3.63, 3.8) is 0 Å². The van der Waals surface area contributed by atoms with Crippen molar-refractivity contribution >= 4 is 17.5 Å². The average molecular weight is 439 g/mol. The minimum atomic E-state index is -0.975. The lowest BCUT2D eigenvalue weighted by atomic mass is 10.0. The molecule has 3 rings (SSSR count). The van der Waals surface area contributed by atoms with Crippen LogP contribution in [0.5, 0.6) is 0 Å². The molecule has 1 aromatic heterocycles. The van der Waals surface area contributed by atoms with Crippen molar-refractivity contribution in [1.82, 2.24) is 15.1 Å². The topological polar surface area (TPSA) is 111 Å². The molecule has 1 unspecified atom stereocenters. The molecular formula is C23H23ClN4O3. The number of aryl methyl sites for hydroxylation is 1. The van der Waals surface area contributed by atoms with Gasteiger partial charge < -0.3 is 15.5 Å². The van der Waals surface area contributed by atoms with Crippen LogP contribution in [0.3, 0.4) is 0 Å². The van der Waals surface area contributed by atoms with Gasteiger partial charge in [0.05, 0.1) is 34.7 Å². The maximum Gasteiger partial charge on any atom is 0.251 e.